The minimum Gasteiger partial charge on any atom is -0.375 e. The summed E-state index contributed by atoms with van der Waals surface area (Å²) in [6.07, 6.45) is 8.54. The molecule has 3 heterocycles. The van der Waals surface area contributed by atoms with Gasteiger partial charge < -0.3 is 10.1 Å². The summed E-state index contributed by atoms with van der Waals surface area (Å²) in [5, 5.41) is 9.55. The Morgan fingerprint density at radius 3 is 2.89 bits per heavy atom. The molecule has 0 bridgehead atoms. The maximum atomic E-state index is 5.81. The van der Waals surface area contributed by atoms with Crippen molar-refractivity contribution in [3.63, 3.8) is 0 Å². The molecule has 1 aliphatic carbocycles. The molecule has 1 saturated carbocycles. The lowest BCUT2D eigenvalue weighted by molar-refractivity contribution is 0.0580. The number of hydrogen-bond donors (Lipinski definition) is 3. The van der Waals surface area contributed by atoms with Crippen LogP contribution in [0.4, 0.5) is 0 Å². The van der Waals surface area contributed by atoms with Gasteiger partial charge in [-0.05, 0) is 25.7 Å². The number of nitrogens with one attached hydrogen (secondary N) is 3. The SMILES string of the molecule is C=C1NC2CCCCC2C2NC(C3CCCO3)NN12. The van der Waals surface area contributed by atoms with Gasteiger partial charge in [-0.1, -0.05) is 19.4 Å². The fourth-order valence-corrected chi connectivity index (χ4v) is 4.14. The Labute approximate surface area is 114 Å². The van der Waals surface area contributed by atoms with Crippen molar-refractivity contribution < 1.29 is 4.74 Å². The second-order valence-electron chi connectivity index (χ2n) is 6.29. The predicted molar refractivity (Wildman–Crippen MR) is 72.7 cm³/mol. The Morgan fingerprint density at radius 1 is 1.16 bits per heavy atom. The van der Waals surface area contributed by atoms with Crippen LogP contribution >= 0.6 is 0 Å². The van der Waals surface area contributed by atoms with Crippen molar-refractivity contribution in [2.45, 2.75) is 63.0 Å². The summed E-state index contributed by atoms with van der Waals surface area (Å²) in [4.78, 5) is 0. The summed E-state index contributed by atoms with van der Waals surface area (Å²) >= 11 is 0. The van der Waals surface area contributed by atoms with Crippen LogP contribution in [-0.4, -0.2) is 36.1 Å². The average Bonchev–Trinajstić information content (AvgIpc) is 3.08. The Balaban J connectivity index is 1.52. The van der Waals surface area contributed by atoms with Gasteiger partial charge in [0.05, 0.1) is 6.10 Å². The first-order valence-corrected chi connectivity index (χ1v) is 7.71. The summed E-state index contributed by atoms with van der Waals surface area (Å²) in [6.45, 7) is 5.08. The van der Waals surface area contributed by atoms with Crippen LogP contribution in [0, 0.1) is 5.92 Å². The summed E-state index contributed by atoms with van der Waals surface area (Å²) in [7, 11) is 0. The zero-order valence-electron chi connectivity index (χ0n) is 11.4. The number of rotatable bonds is 1. The topological polar surface area (TPSA) is 48.6 Å². The summed E-state index contributed by atoms with van der Waals surface area (Å²) in [5.74, 6) is 1.69. The van der Waals surface area contributed by atoms with E-state index >= 15 is 0 Å². The van der Waals surface area contributed by atoms with Gasteiger partial charge in [0.15, 0.2) is 0 Å². The Hall–Kier alpha value is -0.780. The highest BCUT2D eigenvalue weighted by atomic mass is 16.5. The van der Waals surface area contributed by atoms with Crippen molar-refractivity contribution in [3.05, 3.63) is 12.4 Å². The van der Waals surface area contributed by atoms with Gasteiger partial charge in [0, 0.05) is 18.6 Å². The molecule has 0 aromatic heterocycles. The Morgan fingerprint density at radius 2 is 2.05 bits per heavy atom. The first-order chi connectivity index (χ1) is 9.33. The zero-order chi connectivity index (χ0) is 12.8. The van der Waals surface area contributed by atoms with Crippen LogP contribution in [0.2, 0.25) is 0 Å². The largest absolute Gasteiger partial charge is 0.375 e. The number of ether oxygens (including phenoxy) is 1. The summed E-state index contributed by atoms with van der Waals surface area (Å²) in [5.41, 5.74) is 3.55. The molecule has 5 heteroatoms. The lowest BCUT2D eigenvalue weighted by atomic mass is 9.81. The van der Waals surface area contributed by atoms with Gasteiger partial charge in [-0.25, -0.2) is 5.43 Å². The maximum absolute atomic E-state index is 5.81. The second-order valence-corrected chi connectivity index (χ2v) is 6.29. The third-order valence-electron chi connectivity index (χ3n) is 5.11. The van der Waals surface area contributed by atoms with Crippen molar-refractivity contribution in [3.8, 4) is 0 Å². The molecule has 3 saturated heterocycles. The number of fused-ring (bicyclic) bond motifs is 3. The smallest absolute Gasteiger partial charge is 0.110 e. The van der Waals surface area contributed by atoms with Crippen LogP contribution in [0.3, 0.4) is 0 Å². The molecule has 0 radical (unpaired) electrons. The molecule has 5 unspecified atom stereocenters. The molecule has 3 N–H and O–H groups in total. The zero-order valence-corrected chi connectivity index (χ0v) is 11.4. The lowest BCUT2D eigenvalue weighted by Gasteiger charge is -2.46. The fraction of sp³-hybridized carbons (Fsp3) is 0.857. The van der Waals surface area contributed by atoms with E-state index in [1.807, 2.05) is 0 Å². The molecule has 0 spiro atoms. The molecular formula is C14H24N4O. The second kappa shape index (κ2) is 4.65. The van der Waals surface area contributed by atoms with E-state index in [2.05, 4.69) is 27.6 Å². The standard InChI is InChI=1S/C14H24N4O/c1-9-15-11-6-3-2-5-10(11)14-16-13(17-18(9)14)12-7-4-8-19-12/h10-17H,1-8H2. The lowest BCUT2D eigenvalue weighted by Crippen LogP contribution is -2.60. The third-order valence-corrected chi connectivity index (χ3v) is 5.11. The fourth-order valence-electron chi connectivity index (χ4n) is 4.14. The van der Waals surface area contributed by atoms with Gasteiger partial charge in [-0.2, -0.15) is 0 Å². The summed E-state index contributed by atoms with van der Waals surface area (Å²) < 4.78 is 5.81. The van der Waals surface area contributed by atoms with Crippen LogP contribution < -0.4 is 16.1 Å². The molecular weight excluding hydrogens is 240 g/mol. The molecule has 5 atom stereocenters. The molecule has 5 nitrogen and oxygen atoms in total. The van der Waals surface area contributed by atoms with Crippen LogP contribution in [0.15, 0.2) is 12.4 Å². The van der Waals surface area contributed by atoms with E-state index in [4.69, 9.17) is 4.74 Å². The van der Waals surface area contributed by atoms with E-state index in [-0.39, 0.29) is 6.17 Å². The van der Waals surface area contributed by atoms with Crippen molar-refractivity contribution in [1.29, 1.82) is 0 Å². The van der Waals surface area contributed by atoms with E-state index in [0.717, 1.165) is 18.8 Å². The number of hydrogen-bond acceptors (Lipinski definition) is 5. The van der Waals surface area contributed by atoms with Gasteiger partial charge in [-0.15, -0.1) is 0 Å². The van der Waals surface area contributed by atoms with E-state index in [0.29, 0.717) is 24.2 Å². The minimum absolute atomic E-state index is 0.242. The van der Waals surface area contributed by atoms with Crippen LogP contribution in [0.1, 0.15) is 38.5 Å². The first-order valence-electron chi connectivity index (χ1n) is 7.71. The molecule has 4 aliphatic rings. The molecule has 106 valence electrons. The normalized spacial score (nSPS) is 45.8. The van der Waals surface area contributed by atoms with Gasteiger partial charge in [-0.3, -0.25) is 10.3 Å². The van der Waals surface area contributed by atoms with Crippen molar-refractivity contribution in [1.82, 2.24) is 21.1 Å². The molecule has 4 rings (SSSR count). The van der Waals surface area contributed by atoms with Gasteiger partial charge in [0.2, 0.25) is 0 Å². The van der Waals surface area contributed by atoms with Crippen molar-refractivity contribution in [2.75, 3.05) is 6.61 Å². The van der Waals surface area contributed by atoms with E-state index in [1.54, 1.807) is 0 Å². The van der Waals surface area contributed by atoms with Gasteiger partial charge in [0.1, 0.15) is 18.2 Å². The number of hydrazine groups is 1. The van der Waals surface area contributed by atoms with Crippen LogP contribution in [0.25, 0.3) is 0 Å². The van der Waals surface area contributed by atoms with E-state index in [1.165, 1.54) is 32.1 Å². The van der Waals surface area contributed by atoms with Crippen LogP contribution in [-0.2, 0) is 4.74 Å². The quantitative estimate of drug-likeness (QED) is 0.656. The average molecular weight is 264 g/mol. The third kappa shape index (κ3) is 1.95. The molecule has 0 aromatic rings. The maximum Gasteiger partial charge on any atom is 0.110 e. The van der Waals surface area contributed by atoms with Crippen molar-refractivity contribution in [2.24, 2.45) is 5.92 Å². The molecule has 0 aromatic carbocycles. The monoisotopic (exact) mass is 264 g/mol. The first kappa shape index (κ1) is 12.0. The highest BCUT2D eigenvalue weighted by Crippen LogP contribution is 2.35. The molecule has 19 heavy (non-hydrogen) atoms. The minimum atomic E-state index is 0.242. The highest BCUT2D eigenvalue weighted by molar-refractivity contribution is 5.09. The Bertz CT molecular complexity index is 368. The van der Waals surface area contributed by atoms with Gasteiger partial charge >= 0.3 is 0 Å². The molecule has 0 amide bonds. The molecule has 3 aliphatic heterocycles. The summed E-state index contributed by atoms with van der Waals surface area (Å²) in [6, 6.07) is 0.597. The van der Waals surface area contributed by atoms with Crippen molar-refractivity contribution >= 4 is 0 Å². The van der Waals surface area contributed by atoms with E-state index < -0.39 is 0 Å². The highest BCUT2D eigenvalue weighted by Gasteiger charge is 2.47. The van der Waals surface area contributed by atoms with E-state index in [9.17, 15) is 0 Å². The molecule has 4 fully saturated rings. The number of nitrogens with zero attached hydrogens (tertiary/aromatic N) is 1. The van der Waals surface area contributed by atoms with Gasteiger partial charge in [0.25, 0.3) is 0 Å². The predicted octanol–water partition coefficient (Wildman–Crippen LogP) is 0.861. The Kier molecular flexibility index (Phi) is 2.94. The van der Waals surface area contributed by atoms with Crippen LogP contribution in [0.5, 0.6) is 0 Å².